The van der Waals surface area contributed by atoms with Crippen molar-refractivity contribution in [2.75, 3.05) is 32.8 Å². The van der Waals surface area contributed by atoms with Gasteiger partial charge >= 0.3 is 0 Å². The molecular weight excluding hydrogens is 387 g/mol. The first-order valence-corrected chi connectivity index (χ1v) is 9.52. The van der Waals surface area contributed by atoms with E-state index in [0.717, 1.165) is 5.75 Å². The van der Waals surface area contributed by atoms with Gasteiger partial charge in [-0.05, 0) is 43.3 Å². The standard InChI is InChI=1S/C20H20Cl2N2O3/c1-2-27-15-8-6-14(7-9-15)19(25)23-10-12-24(13-11-23)20(26)16-4-3-5-17(21)18(16)22/h3-9H,2,10-13H2,1H3. The van der Waals surface area contributed by atoms with Gasteiger partial charge in [-0.15, -0.1) is 0 Å². The maximum absolute atomic E-state index is 12.7. The van der Waals surface area contributed by atoms with Gasteiger partial charge in [-0.3, -0.25) is 9.59 Å². The second kappa shape index (κ2) is 8.63. The summed E-state index contributed by atoms with van der Waals surface area (Å²) in [5.41, 5.74) is 0.992. The quantitative estimate of drug-likeness (QED) is 0.770. The van der Waals surface area contributed by atoms with Gasteiger partial charge in [0.1, 0.15) is 5.75 Å². The Balaban J connectivity index is 1.62. The number of ether oxygens (including phenoxy) is 1. The van der Waals surface area contributed by atoms with Crippen molar-refractivity contribution in [3.8, 4) is 5.75 Å². The summed E-state index contributed by atoms with van der Waals surface area (Å²) in [4.78, 5) is 28.8. The monoisotopic (exact) mass is 406 g/mol. The predicted octanol–water partition coefficient (Wildman–Crippen LogP) is 3.99. The van der Waals surface area contributed by atoms with Gasteiger partial charge in [-0.25, -0.2) is 0 Å². The highest BCUT2D eigenvalue weighted by Crippen LogP contribution is 2.27. The van der Waals surface area contributed by atoms with Crippen molar-refractivity contribution in [2.24, 2.45) is 0 Å². The van der Waals surface area contributed by atoms with Crippen LogP contribution in [0.25, 0.3) is 0 Å². The summed E-state index contributed by atoms with van der Waals surface area (Å²) in [7, 11) is 0. The van der Waals surface area contributed by atoms with Crippen LogP contribution in [0.1, 0.15) is 27.6 Å². The zero-order valence-corrected chi connectivity index (χ0v) is 16.5. The highest BCUT2D eigenvalue weighted by molar-refractivity contribution is 6.43. The number of benzene rings is 2. The number of rotatable bonds is 4. The fourth-order valence-electron chi connectivity index (χ4n) is 2.99. The van der Waals surface area contributed by atoms with Crippen molar-refractivity contribution >= 4 is 35.0 Å². The van der Waals surface area contributed by atoms with E-state index in [1.54, 1.807) is 52.3 Å². The smallest absolute Gasteiger partial charge is 0.255 e. The number of carbonyl (C=O) groups excluding carboxylic acids is 2. The molecule has 2 aromatic rings. The Bertz CT molecular complexity index is 832. The van der Waals surface area contributed by atoms with Crippen molar-refractivity contribution in [3.05, 3.63) is 63.6 Å². The van der Waals surface area contributed by atoms with Gasteiger partial charge in [-0.1, -0.05) is 29.3 Å². The lowest BCUT2D eigenvalue weighted by molar-refractivity contribution is 0.0535. The van der Waals surface area contributed by atoms with Crippen LogP contribution >= 0.6 is 23.2 Å². The molecule has 142 valence electrons. The van der Waals surface area contributed by atoms with E-state index in [1.807, 2.05) is 6.92 Å². The van der Waals surface area contributed by atoms with E-state index in [-0.39, 0.29) is 16.8 Å². The Labute approximate surface area is 168 Å². The molecule has 2 aromatic carbocycles. The molecule has 1 aliphatic heterocycles. The van der Waals surface area contributed by atoms with Crippen LogP contribution in [0.4, 0.5) is 0 Å². The minimum absolute atomic E-state index is 0.0501. The molecule has 0 atom stereocenters. The molecule has 1 saturated heterocycles. The Morgan fingerprint density at radius 1 is 0.926 bits per heavy atom. The van der Waals surface area contributed by atoms with Crippen molar-refractivity contribution in [1.29, 1.82) is 0 Å². The molecular formula is C20H20Cl2N2O3. The molecule has 1 heterocycles. The molecule has 0 unspecified atom stereocenters. The maximum Gasteiger partial charge on any atom is 0.255 e. The van der Waals surface area contributed by atoms with Gasteiger partial charge in [0.25, 0.3) is 11.8 Å². The lowest BCUT2D eigenvalue weighted by Crippen LogP contribution is -2.50. The average molecular weight is 407 g/mol. The lowest BCUT2D eigenvalue weighted by atomic mass is 10.1. The third kappa shape index (κ3) is 4.37. The van der Waals surface area contributed by atoms with Gasteiger partial charge in [0, 0.05) is 31.7 Å². The molecule has 27 heavy (non-hydrogen) atoms. The summed E-state index contributed by atoms with van der Waals surface area (Å²) >= 11 is 12.1. The Morgan fingerprint density at radius 3 is 2.11 bits per heavy atom. The third-order valence-electron chi connectivity index (χ3n) is 4.45. The minimum atomic E-state index is -0.171. The number of piperazine rings is 1. The van der Waals surface area contributed by atoms with Gasteiger partial charge in [0.15, 0.2) is 0 Å². The molecule has 7 heteroatoms. The number of hydrogen-bond acceptors (Lipinski definition) is 3. The first-order chi connectivity index (χ1) is 13.0. The largest absolute Gasteiger partial charge is 0.494 e. The van der Waals surface area contributed by atoms with E-state index in [9.17, 15) is 9.59 Å². The zero-order valence-electron chi connectivity index (χ0n) is 15.0. The number of hydrogen-bond donors (Lipinski definition) is 0. The first-order valence-electron chi connectivity index (χ1n) is 8.76. The summed E-state index contributed by atoms with van der Waals surface area (Å²) in [6.07, 6.45) is 0. The normalized spacial score (nSPS) is 14.2. The molecule has 0 bridgehead atoms. The summed E-state index contributed by atoms with van der Waals surface area (Å²) < 4.78 is 5.40. The molecule has 0 saturated carbocycles. The minimum Gasteiger partial charge on any atom is -0.494 e. The molecule has 0 spiro atoms. The van der Waals surface area contributed by atoms with Crippen LogP contribution in [-0.2, 0) is 0 Å². The average Bonchev–Trinajstić information content (AvgIpc) is 2.70. The van der Waals surface area contributed by atoms with Crippen LogP contribution in [0, 0.1) is 0 Å². The van der Waals surface area contributed by atoms with Crippen LogP contribution < -0.4 is 4.74 Å². The van der Waals surface area contributed by atoms with Crippen molar-refractivity contribution in [2.45, 2.75) is 6.92 Å². The molecule has 2 amide bonds. The Morgan fingerprint density at radius 2 is 1.52 bits per heavy atom. The molecule has 1 aliphatic rings. The van der Waals surface area contributed by atoms with Crippen molar-refractivity contribution in [1.82, 2.24) is 9.80 Å². The van der Waals surface area contributed by atoms with Crippen LogP contribution in [0.2, 0.25) is 10.0 Å². The SMILES string of the molecule is CCOc1ccc(C(=O)N2CCN(C(=O)c3cccc(Cl)c3Cl)CC2)cc1. The molecule has 3 rings (SSSR count). The number of nitrogens with zero attached hydrogens (tertiary/aromatic N) is 2. The zero-order chi connectivity index (χ0) is 19.4. The number of amides is 2. The number of halogens is 2. The van der Waals surface area contributed by atoms with E-state index in [4.69, 9.17) is 27.9 Å². The fraction of sp³-hybridized carbons (Fsp3) is 0.300. The summed E-state index contributed by atoms with van der Waals surface area (Å²) in [6.45, 7) is 4.33. The second-order valence-corrected chi connectivity index (χ2v) is 6.93. The topological polar surface area (TPSA) is 49.9 Å². The first kappa shape index (κ1) is 19.5. The van der Waals surface area contributed by atoms with Crippen LogP contribution in [-0.4, -0.2) is 54.4 Å². The van der Waals surface area contributed by atoms with Crippen LogP contribution in [0.15, 0.2) is 42.5 Å². The maximum atomic E-state index is 12.7. The van der Waals surface area contributed by atoms with E-state index in [2.05, 4.69) is 0 Å². The van der Waals surface area contributed by atoms with Gasteiger partial charge in [0.05, 0.1) is 22.2 Å². The molecule has 0 aliphatic carbocycles. The second-order valence-electron chi connectivity index (χ2n) is 6.14. The van der Waals surface area contributed by atoms with E-state index in [0.29, 0.717) is 48.9 Å². The van der Waals surface area contributed by atoms with Crippen LogP contribution in [0.3, 0.4) is 0 Å². The molecule has 0 aromatic heterocycles. The Hall–Kier alpha value is -2.24. The highest BCUT2D eigenvalue weighted by atomic mass is 35.5. The summed E-state index contributed by atoms with van der Waals surface area (Å²) in [6, 6.07) is 12.1. The van der Waals surface area contributed by atoms with Gasteiger partial charge in [-0.2, -0.15) is 0 Å². The van der Waals surface area contributed by atoms with E-state index >= 15 is 0 Å². The third-order valence-corrected chi connectivity index (χ3v) is 5.27. The molecule has 5 nitrogen and oxygen atoms in total. The summed E-state index contributed by atoms with van der Waals surface area (Å²) in [5, 5.41) is 0.615. The molecule has 0 N–H and O–H groups in total. The van der Waals surface area contributed by atoms with E-state index < -0.39 is 0 Å². The summed E-state index contributed by atoms with van der Waals surface area (Å²) in [5.74, 6) is 0.518. The van der Waals surface area contributed by atoms with Crippen molar-refractivity contribution < 1.29 is 14.3 Å². The highest BCUT2D eigenvalue weighted by Gasteiger charge is 2.26. The van der Waals surface area contributed by atoms with Gasteiger partial charge < -0.3 is 14.5 Å². The van der Waals surface area contributed by atoms with Gasteiger partial charge in [0.2, 0.25) is 0 Å². The molecule has 0 radical (unpaired) electrons. The lowest BCUT2D eigenvalue weighted by Gasteiger charge is -2.35. The molecule has 1 fully saturated rings. The fourth-order valence-corrected chi connectivity index (χ4v) is 3.38. The van der Waals surface area contributed by atoms with E-state index in [1.165, 1.54) is 0 Å². The van der Waals surface area contributed by atoms with Crippen molar-refractivity contribution in [3.63, 3.8) is 0 Å². The Kier molecular flexibility index (Phi) is 6.24. The predicted molar refractivity (Wildman–Crippen MR) is 106 cm³/mol. The number of carbonyl (C=O) groups is 2. The van der Waals surface area contributed by atoms with Crippen LogP contribution in [0.5, 0.6) is 5.75 Å².